The van der Waals surface area contributed by atoms with Gasteiger partial charge in [0.15, 0.2) is 10.8 Å². The Balaban J connectivity index is 1.58. The van der Waals surface area contributed by atoms with Gasteiger partial charge in [-0.05, 0) is 36.7 Å². The summed E-state index contributed by atoms with van der Waals surface area (Å²) in [5, 5.41) is 7.52. The molecule has 1 atom stereocenters. The van der Waals surface area contributed by atoms with Crippen molar-refractivity contribution in [2.24, 2.45) is 17.1 Å². The van der Waals surface area contributed by atoms with Crippen LogP contribution in [0.3, 0.4) is 0 Å². The minimum Gasteiger partial charge on any atom is -0.365 e. The molecule has 28 heavy (non-hydrogen) atoms. The predicted molar refractivity (Wildman–Crippen MR) is 107 cm³/mol. The van der Waals surface area contributed by atoms with E-state index in [2.05, 4.69) is 41.2 Å². The molecule has 0 radical (unpaired) electrons. The number of primary amides is 1. The van der Waals surface area contributed by atoms with E-state index >= 15 is 0 Å². The number of anilines is 1. The minimum absolute atomic E-state index is 0.174. The van der Waals surface area contributed by atoms with Gasteiger partial charge < -0.3 is 5.73 Å². The van der Waals surface area contributed by atoms with Crippen molar-refractivity contribution in [3.05, 3.63) is 40.3 Å². The van der Waals surface area contributed by atoms with E-state index in [1.165, 1.54) is 33.1 Å². The summed E-state index contributed by atoms with van der Waals surface area (Å²) in [4.78, 5) is 34.2. The average Bonchev–Trinajstić information content (AvgIpc) is 3.23. The summed E-state index contributed by atoms with van der Waals surface area (Å²) in [6.07, 6.45) is 5.81. The number of nitrogens with zero attached hydrogens (tertiary/aromatic N) is 4. The van der Waals surface area contributed by atoms with Gasteiger partial charge in [0.05, 0.1) is 11.9 Å². The van der Waals surface area contributed by atoms with Crippen LogP contribution in [0, 0.1) is 11.3 Å². The van der Waals surface area contributed by atoms with Crippen molar-refractivity contribution in [2.45, 2.75) is 40.0 Å². The Bertz CT molecular complexity index is 1080. The van der Waals surface area contributed by atoms with E-state index in [9.17, 15) is 9.59 Å². The zero-order chi connectivity index (χ0) is 20.1. The molecule has 3 aromatic heterocycles. The van der Waals surface area contributed by atoms with Crippen LogP contribution in [-0.4, -0.2) is 31.4 Å². The molecule has 4 rings (SSSR count). The molecule has 146 valence electrons. The molecular formula is C19H22N6O2S. The Labute approximate surface area is 166 Å². The van der Waals surface area contributed by atoms with Crippen molar-refractivity contribution in [3.63, 3.8) is 0 Å². The van der Waals surface area contributed by atoms with Crippen molar-refractivity contribution in [1.82, 2.24) is 19.6 Å². The average molecular weight is 398 g/mol. The van der Waals surface area contributed by atoms with Crippen molar-refractivity contribution < 1.29 is 9.59 Å². The van der Waals surface area contributed by atoms with Crippen LogP contribution in [0.5, 0.6) is 0 Å². The monoisotopic (exact) mass is 398 g/mol. The lowest BCUT2D eigenvalue weighted by molar-refractivity contribution is 0.0996. The number of aryl methyl sites for hydroxylation is 1. The number of amides is 2. The number of nitrogens with two attached hydrogens (primary N) is 1. The summed E-state index contributed by atoms with van der Waals surface area (Å²) < 4.78 is 1.32. The Hall–Kier alpha value is -2.81. The molecule has 1 unspecified atom stereocenters. The summed E-state index contributed by atoms with van der Waals surface area (Å²) in [5.74, 6) is -0.383. The van der Waals surface area contributed by atoms with Gasteiger partial charge in [-0.3, -0.25) is 14.9 Å². The third kappa shape index (κ3) is 3.26. The van der Waals surface area contributed by atoms with Gasteiger partial charge in [0.2, 0.25) is 0 Å². The number of nitrogens with one attached hydrogen (secondary N) is 1. The van der Waals surface area contributed by atoms with E-state index in [1.54, 1.807) is 6.07 Å². The van der Waals surface area contributed by atoms with Crippen LogP contribution in [0.4, 0.5) is 5.13 Å². The van der Waals surface area contributed by atoms with Crippen LogP contribution in [0.15, 0.2) is 18.5 Å². The Morgan fingerprint density at radius 2 is 2.14 bits per heavy atom. The standard InChI is InChI=1S/C19H22N6O2S/c1-19(2,3)10-4-5-12-14(8-10)28-18(23-12)24-17(27)13-6-7-21-16-11(15(20)26)9-22-25(13)16/h6-7,9-10H,4-5,8H2,1-3H3,(H2,20,26)(H,23,24,27). The Morgan fingerprint density at radius 3 is 2.86 bits per heavy atom. The summed E-state index contributed by atoms with van der Waals surface area (Å²) in [5.41, 5.74) is 7.36. The summed E-state index contributed by atoms with van der Waals surface area (Å²) in [6, 6.07) is 1.54. The van der Waals surface area contributed by atoms with Crippen LogP contribution >= 0.6 is 11.3 Å². The maximum absolute atomic E-state index is 12.8. The number of carbonyl (C=O) groups is 2. The first kappa shape index (κ1) is 18.5. The largest absolute Gasteiger partial charge is 0.365 e. The fourth-order valence-corrected chi connectivity index (χ4v) is 4.65. The van der Waals surface area contributed by atoms with Crippen molar-refractivity contribution in [2.75, 3.05) is 5.32 Å². The van der Waals surface area contributed by atoms with E-state index in [1.807, 2.05) is 0 Å². The molecular weight excluding hydrogens is 376 g/mol. The van der Waals surface area contributed by atoms with Gasteiger partial charge in [0.25, 0.3) is 11.8 Å². The number of thiazole rings is 1. The van der Waals surface area contributed by atoms with Crippen LogP contribution in [-0.2, 0) is 12.8 Å². The number of rotatable bonds is 3. The molecule has 0 fully saturated rings. The quantitative estimate of drug-likeness (QED) is 0.704. The second kappa shape index (κ2) is 6.66. The van der Waals surface area contributed by atoms with E-state index in [-0.39, 0.29) is 28.2 Å². The van der Waals surface area contributed by atoms with Gasteiger partial charge in [0.1, 0.15) is 11.3 Å². The predicted octanol–water partition coefficient (Wildman–Crippen LogP) is 2.69. The Morgan fingerprint density at radius 1 is 1.36 bits per heavy atom. The van der Waals surface area contributed by atoms with Crippen LogP contribution in [0.25, 0.3) is 5.65 Å². The fraction of sp³-hybridized carbons (Fsp3) is 0.421. The van der Waals surface area contributed by atoms with Crippen LogP contribution < -0.4 is 11.1 Å². The topological polar surface area (TPSA) is 115 Å². The van der Waals surface area contributed by atoms with Crippen molar-refractivity contribution in [1.29, 1.82) is 0 Å². The third-order valence-corrected chi connectivity index (χ3v) is 6.32. The first-order chi connectivity index (χ1) is 13.2. The molecule has 3 N–H and O–H groups in total. The molecule has 1 aliphatic carbocycles. The number of hydrogen-bond acceptors (Lipinski definition) is 6. The maximum Gasteiger partial charge on any atom is 0.276 e. The zero-order valence-corrected chi connectivity index (χ0v) is 16.8. The van der Waals surface area contributed by atoms with E-state index in [0.717, 1.165) is 25.0 Å². The summed E-state index contributed by atoms with van der Waals surface area (Å²) in [7, 11) is 0. The molecule has 9 heteroatoms. The first-order valence-corrected chi connectivity index (χ1v) is 9.98. The number of aromatic nitrogens is 4. The third-order valence-electron chi connectivity index (χ3n) is 5.28. The normalized spacial score (nSPS) is 16.8. The lowest BCUT2D eigenvalue weighted by Gasteiger charge is -2.33. The highest BCUT2D eigenvalue weighted by Crippen LogP contribution is 2.40. The lowest BCUT2D eigenvalue weighted by atomic mass is 9.73. The molecule has 0 spiro atoms. The maximum atomic E-state index is 12.8. The summed E-state index contributed by atoms with van der Waals surface area (Å²) in [6.45, 7) is 6.81. The van der Waals surface area contributed by atoms with Gasteiger partial charge in [-0.2, -0.15) is 5.10 Å². The zero-order valence-electron chi connectivity index (χ0n) is 16.0. The van der Waals surface area contributed by atoms with Gasteiger partial charge in [-0.15, -0.1) is 11.3 Å². The molecule has 0 aromatic carbocycles. The minimum atomic E-state index is -0.638. The number of carbonyl (C=O) groups excluding carboxylic acids is 2. The molecule has 1 aliphatic rings. The van der Waals surface area contributed by atoms with E-state index in [4.69, 9.17) is 5.73 Å². The van der Waals surface area contributed by atoms with Gasteiger partial charge >= 0.3 is 0 Å². The molecule has 0 saturated carbocycles. The number of hydrogen-bond donors (Lipinski definition) is 2. The second-order valence-electron chi connectivity index (χ2n) is 8.14. The Kier molecular flexibility index (Phi) is 4.41. The van der Waals surface area contributed by atoms with Gasteiger partial charge in [-0.25, -0.2) is 14.5 Å². The van der Waals surface area contributed by atoms with Gasteiger partial charge in [0, 0.05) is 11.1 Å². The van der Waals surface area contributed by atoms with Crippen molar-refractivity contribution >= 4 is 33.9 Å². The lowest BCUT2D eigenvalue weighted by Crippen LogP contribution is -2.26. The van der Waals surface area contributed by atoms with Crippen LogP contribution in [0.1, 0.15) is 58.6 Å². The first-order valence-electron chi connectivity index (χ1n) is 9.16. The highest BCUT2D eigenvalue weighted by atomic mass is 32.1. The molecule has 8 nitrogen and oxygen atoms in total. The van der Waals surface area contributed by atoms with Crippen LogP contribution in [0.2, 0.25) is 0 Å². The molecule has 3 heterocycles. The molecule has 0 saturated heterocycles. The summed E-state index contributed by atoms with van der Waals surface area (Å²) >= 11 is 1.53. The molecule has 0 aliphatic heterocycles. The highest BCUT2D eigenvalue weighted by Gasteiger charge is 2.31. The van der Waals surface area contributed by atoms with Crippen molar-refractivity contribution in [3.8, 4) is 0 Å². The second-order valence-corrected chi connectivity index (χ2v) is 9.22. The number of fused-ring (bicyclic) bond motifs is 2. The molecule has 2 amide bonds. The molecule has 0 bridgehead atoms. The smallest absolute Gasteiger partial charge is 0.276 e. The highest BCUT2D eigenvalue weighted by molar-refractivity contribution is 7.15. The van der Waals surface area contributed by atoms with E-state index < -0.39 is 5.91 Å². The molecule has 3 aromatic rings. The van der Waals surface area contributed by atoms with Gasteiger partial charge in [-0.1, -0.05) is 20.8 Å². The van der Waals surface area contributed by atoms with E-state index in [0.29, 0.717) is 11.0 Å². The SMILES string of the molecule is CC(C)(C)C1CCc2nc(NC(=O)c3ccnc4c(C(N)=O)cnn34)sc2C1. The fourth-order valence-electron chi connectivity index (χ4n) is 3.57.